The second-order valence-electron chi connectivity index (χ2n) is 5.10. The lowest BCUT2D eigenvalue weighted by molar-refractivity contribution is 0.0942. The summed E-state index contributed by atoms with van der Waals surface area (Å²) in [6.07, 6.45) is 5.62. The van der Waals surface area contributed by atoms with E-state index in [0.29, 0.717) is 30.4 Å². The number of hydrogen-bond acceptors (Lipinski definition) is 7. The molecule has 0 spiro atoms. The molecule has 0 aliphatic rings. The molecular formula is C16H19N5O3. The van der Waals surface area contributed by atoms with Gasteiger partial charge in [-0.2, -0.15) is 0 Å². The first kappa shape index (κ1) is 16.2. The van der Waals surface area contributed by atoms with Crippen LogP contribution in [0, 0.1) is 0 Å². The van der Waals surface area contributed by atoms with Crippen molar-refractivity contribution in [1.82, 2.24) is 19.5 Å². The fourth-order valence-electron chi connectivity index (χ4n) is 2.48. The maximum absolute atomic E-state index is 8.82. The monoisotopic (exact) mass is 329 g/mol. The van der Waals surface area contributed by atoms with Crippen LogP contribution in [-0.4, -0.2) is 51.6 Å². The molecule has 8 heteroatoms. The molecule has 0 amide bonds. The number of nitrogen functional groups attached to an aromatic ring is 1. The molecule has 0 atom stereocenters. The number of aliphatic hydroxyl groups excluding tert-OH is 1. The summed E-state index contributed by atoms with van der Waals surface area (Å²) in [5, 5.41) is 9.57. The van der Waals surface area contributed by atoms with Gasteiger partial charge in [-0.1, -0.05) is 0 Å². The van der Waals surface area contributed by atoms with Gasteiger partial charge < -0.3 is 20.3 Å². The summed E-state index contributed by atoms with van der Waals surface area (Å²) < 4.78 is 12.4. The third-order valence-corrected chi connectivity index (χ3v) is 3.60. The Morgan fingerprint density at radius 1 is 1.25 bits per heavy atom. The van der Waals surface area contributed by atoms with E-state index in [-0.39, 0.29) is 13.2 Å². The van der Waals surface area contributed by atoms with E-state index in [0.717, 1.165) is 16.6 Å². The lowest BCUT2D eigenvalue weighted by Crippen LogP contribution is -2.09. The third-order valence-electron chi connectivity index (χ3n) is 3.60. The number of methoxy groups -OCH3 is 1. The Bertz CT molecular complexity index is 820. The summed E-state index contributed by atoms with van der Waals surface area (Å²) in [5.41, 5.74) is 8.22. The van der Waals surface area contributed by atoms with Crippen molar-refractivity contribution >= 4 is 16.6 Å². The van der Waals surface area contributed by atoms with Gasteiger partial charge >= 0.3 is 0 Å². The molecule has 0 bridgehead atoms. The summed E-state index contributed by atoms with van der Waals surface area (Å²) >= 11 is 0. The molecule has 0 radical (unpaired) electrons. The van der Waals surface area contributed by atoms with Crippen LogP contribution in [0.25, 0.3) is 16.9 Å². The van der Waals surface area contributed by atoms with Crippen molar-refractivity contribution in [2.75, 3.05) is 32.7 Å². The number of ether oxygens (including phenoxy) is 2. The van der Waals surface area contributed by atoms with Gasteiger partial charge in [0.15, 0.2) is 0 Å². The number of rotatable bonds is 7. The summed E-state index contributed by atoms with van der Waals surface area (Å²) in [6, 6.07) is 3.64. The van der Waals surface area contributed by atoms with E-state index in [1.165, 1.54) is 0 Å². The van der Waals surface area contributed by atoms with Crippen LogP contribution in [0.1, 0.15) is 5.69 Å². The molecule has 2 aromatic heterocycles. The Hall–Kier alpha value is -2.71. The van der Waals surface area contributed by atoms with Crippen molar-refractivity contribution in [3.05, 3.63) is 36.5 Å². The summed E-state index contributed by atoms with van der Waals surface area (Å²) in [7, 11) is 1.57. The first-order valence-electron chi connectivity index (χ1n) is 7.54. The van der Waals surface area contributed by atoms with Gasteiger partial charge in [-0.3, -0.25) is 4.57 Å². The van der Waals surface area contributed by atoms with Gasteiger partial charge in [-0.05, 0) is 12.1 Å². The highest BCUT2D eigenvalue weighted by Gasteiger charge is 2.14. The van der Waals surface area contributed by atoms with Crippen LogP contribution < -0.4 is 10.5 Å². The minimum atomic E-state index is -0.0131. The SMILES string of the molecule is COc1ccc2nc(-n3ccnc3)nc(CCOCCO)c2c1N. The Morgan fingerprint density at radius 2 is 2.12 bits per heavy atom. The van der Waals surface area contributed by atoms with Crippen LogP contribution in [0.4, 0.5) is 5.69 Å². The predicted octanol–water partition coefficient (Wildman–Crippen LogP) is 0.958. The van der Waals surface area contributed by atoms with Gasteiger partial charge in [0.1, 0.15) is 12.1 Å². The zero-order valence-corrected chi connectivity index (χ0v) is 13.3. The molecule has 0 aliphatic carbocycles. The van der Waals surface area contributed by atoms with Crippen molar-refractivity contribution in [2.24, 2.45) is 0 Å². The molecule has 126 valence electrons. The Balaban J connectivity index is 2.08. The van der Waals surface area contributed by atoms with Crippen molar-refractivity contribution in [2.45, 2.75) is 6.42 Å². The largest absolute Gasteiger partial charge is 0.495 e. The van der Waals surface area contributed by atoms with Crippen molar-refractivity contribution < 1.29 is 14.6 Å². The van der Waals surface area contributed by atoms with Crippen LogP contribution in [0.3, 0.4) is 0 Å². The number of fused-ring (bicyclic) bond motifs is 1. The fourth-order valence-corrected chi connectivity index (χ4v) is 2.48. The van der Waals surface area contributed by atoms with E-state index in [9.17, 15) is 0 Å². The topological polar surface area (TPSA) is 108 Å². The second kappa shape index (κ2) is 7.24. The van der Waals surface area contributed by atoms with Crippen LogP contribution in [0.2, 0.25) is 0 Å². The molecule has 0 saturated carbocycles. The van der Waals surface area contributed by atoms with Crippen LogP contribution in [0.15, 0.2) is 30.9 Å². The Labute approximate surface area is 138 Å². The number of nitrogens with zero attached hydrogens (tertiary/aromatic N) is 4. The van der Waals surface area contributed by atoms with E-state index in [4.69, 9.17) is 20.3 Å². The minimum absolute atomic E-state index is 0.0131. The molecule has 3 aromatic rings. The summed E-state index contributed by atoms with van der Waals surface area (Å²) in [6.45, 7) is 0.698. The third kappa shape index (κ3) is 3.15. The van der Waals surface area contributed by atoms with Gasteiger partial charge in [0.2, 0.25) is 5.95 Å². The lowest BCUT2D eigenvalue weighted by atomic mass is 10.1. The van der Waals surface area contributed by atoms with Crippen molar-refractivity contribution in [3.8, 4) is 11.7 Å². The highest BCUT2D eigenvalue weighted by atomic mass is 16.5. The molecule has 0 aliphatic heterocycles. The first-order valence-corrected chi connectivity index (χ1v) is 7.54. The smallest absolute Gasteiger partial charge is 0.235 e. The predicted molar refractivity (Wildman–Crippen MR) is 89.2 cm³/mol. The minimum Gasteiger partial charge on any atom is -0.495 e. The molecule has 1 aromatic carbocycles. The Morgan fingerprint density at radius 3 is 2.83 bits per heavy atom. The number of anilines is 1. The van der Waals surface area contributed by atoms with Crippen LogP contribution in [-0.2, 0) is 11.2 Å². The highest BCUT2D eigenvalue weighted by Crippen LogP contribution is 2.32. The van der Waals surface area contributed by atoms with E-state index in [1.807, 2.05) is 6.07 Å². The van der Waals surface area contributed by atoms with Gasteiger partial charge in [-0.25, -0.2) is 15.0 Å². The molecule has 0 saturated heterocycles. The number of aliphatic hydroxyl groups is 1. The van der Waals surface area contributed by atoms with E-state index >= 15 is 0 Å². The van der Waals surface area contributed by atoms with Crippen LogP contribution >= 0.6 is 0 Å². The average molecular weight is 329 g/mol. The maximum Gasteiger partial charge on any atom is 0.235 e. The summed E-state index contributed by atoms with van der Waals surface area (Å²) in [4.78, 5) is 13.2. The number of imidazole rings is 1. The Kier molecular flexibility index (Phi) is 4.88. The first-order chi connectivity index (χ1) is 11.7. The van der Waals surface area contributed by atoms with E-state index < -0.39 is 0 Å². The molecule has 0 fully saturated rings. The summed E-state index contributed by atoms with van der Waals surface area (Å²) in [5.74, 6) is 1.10. The average Bonchev–Trinajstić information content (AvgIpc) is 3.13. The fraction of sp³-hybridized carbons (Fsp3) is 0.312. The number of nitrogens with two attached hydrogens (primary N) is 1. The standard InChI is InChI=1S/C16H19N5O3/c1-23-13-3-2-11-14(15(13)17)12(4-8-24-9-7-22)20-16(19-11)21-6-5-18-10-21/h2-3,5-6,10,22H,4,7-9,17H2,1H3. The normalized spacial score (nSPS) is 11.1. The molecular weight excluding hydrogens is 310 g/mol. The maximum atomic E-state index is 8.82. The van der Waals surface area contributed by atoms with E-state index in [1.54, 1.807) is 36.5 Å². The van der Waals surface area contributed by atoms with Gasteiger partial charge in [0.25, 0.3) is 0 Å². The molecule has 2 heterocycles. The van der Waals surface area contributed by atoms with Crippen LogP contribution in [0.5, 0.6) is 5.75 Å². The van der Waals surface area contributed by atoms with Gasteiger partial charge in [0.05, 0.1) is 43.8 Å². The number of hydrogen-bond donors (Lipinski definition) is 2. The van der Waals surface area contributed by atoms with Gasteiger partial charge in [-0.15, -0.1) is 0 Å². The van der Waals surface area contributed by atoms with E-state index in [2.05, 4.69) is 15.0 Å². The molecule has 3 N–H and O–H groups in total. The molecule has 0 unspecified atom stereocenters. The van der Waals surface area contributed by atoms with Crippen molar-refractivity contribution in [3.63, 3.8) is 0 Å². The number of benzene rings is 1. The zero-order valence-electron chi connectivity index (χ0n) is 13.3. The second-order valence-corrected chi connectivity index (χ2v) is 5.10. The zero-order chi connectivity index (χ0) is 16.9. The van der Waals surface area contributed by atoms with Crippen molar-refractivity contribution in [1.29, 1.82) is 0 Å². The molecule has 8 nitrogen and oxygen atoms in total. The molecule has 3 rings (SSSR count). The quantitative estimate of drug-likeness (QED) is 0.491. The lowest BCUT2D eigenvalue weighted by Gasteiger charge is -2.13. The highest BCUT2D eigenvalue weighted by molar-refractivity contribution is 5.95. The number of aromatic nitrogens is 4. The molecule has 24 heavy (non-hydrogen) atoms. The van der Waals surface area contributed by atoms with Gasteiger partial charge in [0, 0.05) is 24.2 Å².